The summed E-state index contributed by atoms with van der Waals surface area (Å²) < 4.78 is 5.57. The number of nitrogens with one attached hydrogen (secondary N) is 2. The van der Waals surface area contributed by atoms with Gasteiger partial charge in [-0.1, -0.05) is 37.6 Å². The highest BCUT2D eigenvalue weighted by Crippen LogP contribution is 2.27. The van der Waals surface area contributed by atoms with Crippen molar-refractivity contribution in [2.45, 2.75) is 26.9 Å². The van der Waals surface area contributed by atoms with Crippen molar-refractivity contribution in [2.75, 3.05) is 11.9 Å². The second-order valence-corrected chi connectivity index (χ2v) is 7.22. The van der Waals surface area contributed by atoms with Gasteiger partial charge in [0.15, 0.2) is 6.61 Å². The quantitative estimate of drug-likeness (QED) is 0.822. The number of hydrogen-bond acceptors (Lipinski definition) is 4. The first-order valence-corrected chi connectivity index (χ1v) is 9.12. The lowest BCUT2D eigenvalue weighted by Crippen LogP contribution is -2.59. The Labute approximate surface area is 163 Å². The molecule has 6 nitrogen and oxygen atoms in total. The fourth-order valence-electron chi connectivity index (χ4n) is 2.95. The number of carbonyl (C=O) groups is 2. The van der Waals surface area contributed by atoms with Crippen molar-refractivity contribution in [3.63, 3.8) is 0 Å². The molecular formula is C20H22ClN3O3. The Hall–Kier alpha value is -2.73. The third kappa shape index (κ3) is 4.17. The van der Waals surface area contributed by atoms with E-state index in [0.717, 1.165) is 11.3 Å². The number of rotatable bonds is 5. The molecule has 142 valence electrons. The molecule has 3 rings (SSSR count). The van der Waals surface area contributed by atoms with Crippen LogP contribution in [0.5, 0.6) is 5.75 Å². The minimum absolute atomic E-state index is 0.0852. The lowest BCUT2D eigenvalue weighted by Gasteiger charge is -2.39. The summed E-state index contributed by atoms with van der Waals surface area (Å²) in [4.78, 5) is 25.3. The Morgan fingerprint density at radius 3 is 2.74 bits per heavy atom. The van der Waals surface area contributed by atoms with E-state index >= 15 is 0 Å². The van der Waals surface area contributed by atoms with Crippen LogP contribution in [0.25, 0.3) is 0 Å². The maximum Gasteiger partial charge on any atom is 0.276 e. The first kappa shape index (κ1) is 19.0. The van der Waals surface area contributed by atoms with Crippen molar-refractivity contribution >= 4 is 29.1 Å². The van der Waals surface area contributed by atoms with Crippen LogP contribution < -0.4 is 15.5 Å². The van der Waals surface area contributed by atoms with E-state index in [9.17, 15) is 9.59 Å². The number of nitrogens with zero attached hydrogens (tertiary/aromatic N) is 1. The Balaban J connectivity index is 1.70. The smallest absolute Gasteiger partial charge is 0.276 e. The summed E-state index contributed by atoms with van der Waals surface area (Å²) >= 11 is 5.93. The van der Waals surface area contributed by atoms with Crippen LogP contribution in [-0.4, -0.2) is 29.6 Å². The molecule has 0 spiro atoms. The Morgan fingerprint density at radius 2 is 2.04 bits per heavy atom. The van der Waals surface area contributed by atoms with E-state index in [1.807, 2.05) is 32.9 Å². The number of amides is 2. The van der Waals surface area contributed by atoms with Crippen LogP contribution in [0.1, 0.15) is 29.8 Å². The highest BCUT2D eigenvalue weighted by Gasteiger charge is 2.34. The number of benzene rings is 2. The van der Waals surface area contributed by atoms with Crippen molar-refractivity contribution in [2.24, 2.45) is 5.92 Å². The number of hydrazine groups is 1. The van der Waals surface area contributed by atoms with Crippen molar-refractivity contribution in [1.29, 1.82) is 0 Å². The minimum Gasteiger partial charge on any atom is -0.483 e. The number of anilines is 1. The lowest BCUT2D eigenvalue weighted by molar-refractivity contribution is -0.128. The van der Waals surface area contributed by atoms with Crippen LogP contribution in [0.4, 0.5) is 5.69 Å². The van der Waals surface area contributed by atoms with Crippen LogP contribution in [0.15, 0.2) is 42.5 Å². The highest BCUT2D eigenvalue weighted by molar-refractivity contribution is 6.30. The summed E-state index contributed by atoms with van der Waals surface area (Å²) in [6.45, 7) is 5.60. The molecule has 1 aliphatic heterocycles. The lowest BCUT2D eigenvalue weighted by atomic mass is 10.0. The molecule has 1 heterocycles. The third-order valence-electron chi connectivity index (χ3n) is 4.33. The predicted molar refractivity (Wildman–Crippen MR) is 105 cm³/mol. The summed E-state index contributed by atoms with van der Waals surface area (Å²) in [6.07, 6.45) is -0.353. The molecule has 0 bridgehead atoms. The van der Waals surface area contributed by atoms with E-state index < -0.39 is 5.91 Å². The number of hydrogen-bond donors (Lipinski definition) is 2. The van der Waals surface area contributed by atoms with Crippen LogP contribution >= 0.6 is 11.6 Å². The van der Waals surface area contributed by atoms with Gasteiger partial charge < -0.3 is 10.1 Å². The van der Waals surface area contributed by atoms with Crippen LogP contribution in [-0.2, 0) is 4.79 Å². The number of halogens is 1. The largest absolute Gasteiger partial charge is 0.483 e. The van der Waals surface area contributed by atoms with Crippen LogP contribution in [0, 0.1) is 12.8 Å². The molecule has 2 aromatic carbocycles. The summed E-state index contributed by atoms with van der Waals surface area (Å²) in [5, 5.41) is 5.25. The van der Waals surface area contributed by atoms with E-state index in [4.69, 9.17) is 16.3 Å². The second-order valence-electron chi connectivity index (χ2n) is 6.79. The van der Waals surface area contributed by atoms with Crippen molar-refractivity contribution in [3.05, 3.63) is 58.6 Å². The fourth-order valence-corrected chi connectivity index (χ4v) is 3.17. The molecule has 27 heavy (non-hydrogen) atoms. The molecule has 2 aromatic rings. The van der Waals surface area contributed by atoms with Gasteiger partial charge in [0.05, 0.1) is 5.56 Å². The standard InChI is InChI=1S/C20H22ClN3O3/c1-12(2)19-22-16-7-5-4-6-15(16)20(26)24(19)23-18(25)11-27-17-9-8-14(21)10-13(17)3/h4-10,12,19,22H,11H2,1-3H3,(H,23,25). The normalized spacial score (nSPS) is 16.0. The van der Waals surface area contributed by atoms with E-state index in [-0.39, 0.29) is 24.6 Å². The van der Waals surface area contributed by atoms with E-state index in [1.54, 1.807) is 30.3 Å². The van der Waals surface area contributed by atoms with E-state index in [1.165, 1.54) is 5.01 Å². The average molecular weight is 388 g/mol. The number of aryl methyl sites for hydroxylation is 1. The zero-order valence-electron chi connectivity index (χ0n) is 15.5. The topological polar surface area (TPSA) is 70.7 Å². The molecule has 1 atom stereocenters. The zero-order chi connectivity index (χ0) is 19.6. The molecule has 0 saturated heterocycles. The van der Waals surface area contributed by atoms with Crippen LogP contribution in [0.2, 0.25) is 5.02 Å². The van der Waals surface area contributed by atoms with Crippen LogP contribution in [0.3, 0.4) is 0 Å². The molecular weight excluding hydrogens is 366 g/mol. The molecule has 0 radical (unpaired) electrons. The van der Waals surface area contributed by atoms with Gasteiger partial charge in [-0.15, -0.1) is 0 Å². The van der Waals surface area contributed by atoms with Gasteiger partial charge in [-0.05, 0) is 48.7 Å². The van der Waals surface area contributed by atoms with Gasteiger partial charge in [0.1, 0.15) is 11.9 Å². The monoisotopic (exact) mass is 387 g/mol. The molecule has 0 aromatic heterocycles. The predicted octanol–water partition coefficient (Wildman–Crippen LogP) is 3.61. The first-order chi connectivity index (χ1) is 12.9. The number of ether oxygens (including phenoxy) is 1. The molecule has 0 saturated carbocycles. The Morgan fingerprint density at radius 1 is 1.30 bits per heavy atom. The average Bonchev–Trinajstić information content (AvgIpc) is 2.63. The summed E-state index contributed by atoms with van der Waals surface area (Å²) in [7, 11) is 0. The molecule has 0 fully saturated rings. The highest BCUT2D eigenvalue weighted by atomic mass is 35.5. The van der Waals surface area contributed by atoms with E-state index in [2.05, 4.69) is 10.7 Å². The molecule has 0 aliphatic carbocycles. The Bertz CT molecular complexity index is 869. The van der Waals surface area contributed by atoms with Crippen molar-refractivity contribution in [3.8, 4) is 5.75 Å². The van der Waals surface area contributed by atoms with Gasteiger partial charge in [-0.25, -0.2) is 5.01 Å². The third-order valence-corrected chi connectivity index (χ3v) is 4.57. The number of para-hydroxylation sites is 1. The fraction of sp³-hybridized carbons (Fsp3) is 0.300. The van der Waals surface area contributed by atoms with Gasteiger partial charge in [-0.3, -0.25) is 15.0 Å². The molecule has 7 heteroatoms. The van der Waals surface area contributed by atoms with Gasteiger partial charge in [0.25, 0.3) is 11.8 Å². The summed E-state index contributed by atoms with van der Waals surface area (Å²) in [5.74, 6) is -0.00552. The maximum absolute atomic E-state index is 12.8. The number of carbonyl (C=O) groups excluding carboxylic acids is 2. The molecule has 2 N–H and O–H groups in total. The molecule has 1 aliphatic rings. The Kier molecular flexibility index (Phi) is 5.56. The summed E-state index contributed by atoms with van der Waals surface area (Å²) in [5.41, 5.74) is 4.79. The van der Waals surface area contributed by atoms with Crippen molar-refractivity contribution in [1.82, 2.24) is 10.4 Å². The van der Waals surface area contributed by atoms with Gasteiger partial charge >= 0.3 is 0 Å². The molecule has 2 amide bonds. The van der Waals surface area contributed by atoms with E-state index in [0.29, 0.717) is 16.3 Å². The van der Waals surface area contributed by atoms with Gasteiger partial charge in [0.2, 0.25) is 0 Å². The summed E-state index contributed by atoms with van der Waals surface area (Å²) in [6, 6.07) is 12.4. The first-order valence-electron chi connectivity index (χ1n) is 8.74. The van der Waals surface area contributed by atoms with Gasteiger partial charge in [0, 0.05) is 10.7 Å². The van der Waals surface area contributed by atoms with Gasteiger partial charge in [-0.2, -0.15) is 0 Å². The maximum atomic E-state index is 12.8. The molecule has 1 unspecified atom stereocenters. The van der Waals surface area contributed by atoms with Crippen molar-refractivity contribution < 1.29 is 14.3 Å². The zero-order valence-corrected chi connectivity index (χ0v) is 16.2. The minimum atomic E-state index is -0.412. The SMILES string of the molecule is Cc1cc(Cl)ccc1OCC(=O)NN1C(=O)c2ccccc2NC1C(C)C. The number of fused-ring (bicyclic) bond motifs is 1. The second kappa shape index (κ2) is 7.88.